The fraction of sp³-hybridized carbons (Fsp3) is 1.00. The minimum atomic E-state index is -0.392. The number of unbranched alkanes of at least 4 members (excludes halogenated alkanes) is 2. The molecule has 0 aliphatic heterocycles. The summed E-state index contributed by atoms with van der Waals surface area (Å²) in [6, 6.07) is 0. The van der Waals surface area contributed by atoms with Crippen LogP contribution >= 0.6 is 0 Å². The van der Waals surface area contributed by atoms with Crippen LogP contribution in [-0.4, -0.2) is 38.0 Å². The van der Waals surface area contributed by atoms with Gasteiger partial charge >= 0.3 is 0 Å². The van der Waals surface area contributed by atoms with Gasteiger partial charge in [-0.1, -0.05) is 40.0 Å². The highest BCUT2D eigenvalue weighted by atomic mass is 16.5. The predicted molar refractivity (Wildman–Crippen MR) is 68.7 cm³/mol. The highest BCUT2D eigenvalue weighted by Gasteiger charge is 2.17. The van der Waals surface area contributed by atoms with E-state index in [9.17, 15) is 5.11 Å². The fourth-order valence-electron chi connectivity index (χ4n) is 1.77. The van der Waals surface area contributed by atoms with Crippen molar-refractivity contribution >= 4 is 0 Å². The van der Waals surface area contributed by atoms with Gasteiger partial charge in [-0.15, -0.1) is 0 Å². The summed E-state index contributed by atoms with van der Waals surface area (Å²) in [6.45, 7) is 8.76. The smallest absolute Gasteiger partial charge is 0.0897 e. The van der Waals surface area contributed by atoms with Gasteiger partial charge in [-0.25, -0.2) is 0 Å². The summed E-state index contributed by atoms with van der Waals surface area (Å²) in [5, 5.41) is 12.8. The lowest BCUT2D eigenvalue weighted by atomic mass is 9.87. The number of aliphatic hydroxyl groups excluding tert-OH is 1. The summed E-state index contributed by atoms with van der Waals surface area (Å²) < 4.78 is 4.88. The van der Waals surface area contributed by atoms with Gasteiger partial charge in [-0.05, 0) is 11.8 Å². The SMILES string of the molecule is CCCCCC(C)(C)CNCC(O)COC. The van der Waals surface area contributed by atoms with Crippen LogP contribution in [0.1, 0.15) is 46.5 Å². The van der Waals surface area contributed by atoms with E-state index in [1.54, 1.807) is 7.11 Å². The molecule has 98 valence electrons. The van der Waals surface area contributed by atoms with Crippen molar-refractivity contribution in [3.8, 4) is 0 Å². The van der Waals surface area contributed by atoms with Crippen molar-refractivity contribution in [3.05, 3.63) is 0 Å². The van der Waals surface area contributed by atoms with E-state index < -0.39 is 6.10 Å². The van der Waals surface area contributed by atoms with Crippen molar-refractivity contribution in [1.82, 2.24) is 5.32 Å². The fourth-order valence-corrected chi connectivity index (χ4v) is 1.77. The highest BCUT2D eigenvalue weighted by Crippen LogP contribution is 2.22. The molecule has 0 fully saturated rings. The van der Waals surface area contributed by atoms with Crippen molar-refractivity contribution in [1.29, 1.82) is 0 Å². The van der Waals surface area contributed by atoms with E-state index in [2.05, 4.69) is 26.1 Å². The van der Waals surface area contributed by atoms with Gasteiger partial charge in [-0.3, -0.25) is 0 Å². The minimum Gasteiger partial charge on any atom is -0.389 e. The predicted octanol–water partition coefficient (Wildman–Crippen LogP) is 2.19. The summed E-state index contributed by atoms with van der Waals surface area (Å²) in [6.07, 6.45) is 4.74. The first kappa shape index (κ1) is 15.9. The molecule has 2 N–H and O–H groups in total. The van der Waals surface area contributed by atoms with Gasteiger partial charge in [0.15, 0.2) is 0 Å². The summed E-state index contributed by atoms with van der Waals surface area (Å²) in [4.78, 5) is 0. The Labute approximate surface area is 101 Å². The second-order valence-corrected chi connectivity index (χ2v) is 5.36. The lowest BCUT2D eigenvalue weighted by Gasteiger charge is -2.25. The number of nitrogens with one attached hydrogen (secondary N) is 1. The third kappa shape index (κ3) is 9.13. The van der Waals surface area contributed by atoms with E-state index in [0.717, 1.165) is 6.54 Å². The topological polar surface area (TPSA) is 41.5 Å². The summed E-state index contributed by atoms with van der Waals surface area (Å²) >= 11 is 0. The third-order valence-electron chi connectivity index (χ3n) is 2.80. The Morgan fingerprint density at radius 3 is 2.56 bits per heavy atom. The Morgan fingerprint density at radius 1 is 1.31 bits per heavy atom. The molecule has 0 spiro atoms. The molecule has 1 atom stereocenters. The molecule has 0 aromatic heterocycles. The molecule has 3 nitrogen and oxygen atoms in total. The van der Waals surface area contributed by atoms with Crippen LogP contribution in [0.25, 0.3) is 0 Å². The van der Waals surface area contributed by atoms with E-state index in [1.165, 1.54) is 25.7 Å². The van der Waals surface area contributed by atoms with Crippen LogP contribution in [-0.2, 0) is 4.74 Å². The lowest BCUT2D eigenvalue weighted by Crippen LogP contribution is -2.36. The first-order valence-corrected chi connectivity index (χ1v) is 6.39. The van der Waals surface area contributed by atoms with E-state index in [1.807, 2.05) is 0 Å². The monoisotopic (exact) mass is 231 g/mol. The van der Waals surface area contributed by atoms with E-state index >= 15 is 0 Å². The highest BCUT2D eigenvalue weighted by molar-refractivity contribution is 4.72. The molecule has 16 heavy (non-hydrogen) atoms. The number of ether oxygens (including phenoxy) is 1. The minimum absolute atomic E-state index is 0.321. The third-order valence-corrected chi connectivity index (χ3v) is 2.80. The van der Waals surface area contributed by atoms with Crippen molar-refractivity contribution in [2.24, 2.45) is 5.41 Å². The first-order chi connectivity index (χ1) is 7.52. The number of aliphatic hydroxyl groups is 1. The zero-order valence-electron chi connectivity index (χ0n) is 11.4. The Kier molecular flexibility index (Phi) is 8.90. The van der Waals surface area contributed by atoms with Gasteiger partial charge in [0.25, 0.3) is 0 Å². The van der Waals surface area contributed by atoms with Crippen molar-refractivity contribution < 1.29 is 9.84 Å². The van der Waals surface area contributed by atoms with Gasteiger partial charge in [-0.2, -0.15) is 0 Å². The van der Waals surface area contributed by atoms with Crippen LogP contribution in [0.15, 0.2) is 0 Å². The molecule has 0 aliphatic rings. The Morgan fingerprint density at radius 2 is 2.00 bits per heavy atom. The number of rotatable bonds is 10. The lowest BCUT2D eigenvalue weighted by molar-refractivity contribution is 0.0628. The second kappa shape index (κ2) is 8.97. The van der Waals surface area contributed by atoms with Gasteiger partial charge in [0.05, 0.1) is 12.7 Å². The van der Waals surface area contributed by atoms with Crippen LogP contribution in [0, 0.1) is 5.41 Å². The van der Waals surface area contributed by atoms with Crippen LogP contribution < -0.4 is 5.32 Å². The molecule has 0 saturated heterocycles. The summed E-state index contributed by atoms with van der Waals surface area (Å²) in [5.74, 6) is 0. The Bertz CT molecular complexity index is 160. The van der Waals surface area contributed by atoms with Gasteiger partial charge in [0.2, 0.25) is 0 Å². The molecule has 0 bridgehead atoms. The van der Waals surface area contributed by atoms with Gasteiger partial charge in [0.1, 0.15) is 0 Å². The quantitative estimate of drug-likeness (QED) is 0.566. The Balaban J connectivity index is 3.56. The Hall–Kier alpha value is -0.120. The van der Waals surface area contributed by atoms with Crippen LogP contribution in [0.4, 0.5) is 0 Å². The zero-order valence-corrected chi connectivity index (χ0v) is 11.4. The molecular formula is C13H29NO2. The summed E-state index contributed by atoms with van der Waals surface area (Å²) in [7, 11) is 1.61. The maximum Gasteiger partial charge on any atom is 0.0897 e. The van der Waals surface area contributed by atoms with E-state index in [0.29, 0.717) is 18.6 Å². The zero-order chi connectivity index (χ0) is 12.4. The maximum atomic E-state index is 9.47. The molecule has 0 aliphatic carbocycles. The van der Waals surface area contributed by atoms with Crippen LogP contribution in [0.2, 0.25) is 0 Å². The molecule has 0 saturated carbocycles. The molecule has 3 heteroatoms. The van der Waals surface area contributed by atoms with Crippen molar-refractivity contribution in [3.63, 3.8) is 0 Å². The van der Waals surface area contributed by atoms with Crippen LogP contribution in [0.3, 0.4) is 0 Å². The summed E-state index contributed by atoms with van der Waals surface area (Å²) in [5.41, 5.74) is 0.321. The average molecular weight is 231 g/mol. The number of methoxy groups -OCH3 is 1. The van der Waals surface area contributed by atoms with Crippen molar-refractivity contribution in [2.45, 2.75) is 52.6 Å². The first-order valence-electron chi connectivity index (χ1n) is 6.39. The molecule has 0 rings (SSSR count). The largest absolute Gasteiger partial charge is 0.389 e. The van der Waals surface area contributed by atoms with E-state index in [-0.39, 0.29) is 0 Å². The van der Waals surface area contributed by atoms with Gasteiger partial charge in [0, 0.05) is 20.2 Å². The molecule has 0 heterocycles. The van der Waals surface area contributed by atoms with E-state index in [4.69, 9.17) is 4.74 Å². The van der Waals surface area contributed by atoms with Gasteiger partial charge < -0.3 is 15.2 Å². The second-order valence-electron chi connectivity index (χ2n) is 5.36. The molecule has 1 unspecified atom stereocenters. The number of hydrogen-bond acceptors (Lipinski definition) is 3. The average Bonchev–Trinajstić information content (AvgIpc) is 2.18. The molecule has 0 amide bonds. The van der Waals surface area contributed by atoms with Crippen molar-refractivity contribution in [2.75, 3.05) is 26.8 Å². The standard InChI is InChI=1S/C13H29NO2/c1-5-6-7-8-13(2,3)11-14-9-12(15)10-16-4/h12,14-15H,5-11H2,1-4H3. The molecule has 0 radical (unpaired) electrons. The molecular weight excluding hydrogens is 202 g/mol. The molecule has 0 aromatic carbocycles. The maximum absolute atomic E-state index is 9.47. The number of hydrogen-bond donors (Lipinski definition) is 2. The van der Waals surface area contributed by atoms with Crippen LogP contribution in [0.5, 0.6) is 0 Å². The normalized spacial score (nSPS) is 14.1. The molecule has 0 aromatic rings.